The van der Waals surface area contributed by atoms with Crippen LogP contribution in [0.1, 0.15) is 37.7 Å². The topological polar surface area (TPSA) is 66.8 Å². The van der Waals surface area contributed by atoms with Crippen molar-refractivity contribution in [3.8, 4) is 5.75 Å². The van der Waals surface area contributed by atoms with Crippen LogP contribution >= 0.6 is 0 Å². The van der Waals surface area contributed by atoms with E-state index in [2.05, 4.69) is 4.74 Å². The van der Waals surface area contributed by atoms with Crippen molar-refractivity contribution >= 4 is 11.9 Å². The number of likely N-dealkylation sites (tertiary alicyclic amines) is 1. The number of halogens is 3. The summed E-state index contributed by atoms with van der Waals surface area (Å²) in [5.74, 6) is -2.57. The molecule has 0 spiro atoms. The largest absolute Gasteiger partial charge is 0.573 e. The highest BCUT2D eigenvalue weighted by molar-refractivity contribution is 5.90. The first-order valence-corrected chi connectivity index (χ1v) is 8.03. The van der Waals surface area contributed by atoms with Gasteiger partial charge in [0.2, 0.25) is 5.91 Å². The Bertz CT molecular complexity index is 705. The van der Waals surface area contributed by atoms with E-state index in [-0.39, 0.29) is 17.6 Å². The SMILES string of the molecule is CC1(C(=O)O)CCCN1C(=O)C1CC1c1ccccc1OC(F)(F)F. The normalized spacial score (nSPS) is 28.7. The number of ether oxygens (including phenoxy) is 1. The first-order valence-electron chi connectivity index (χ1n) is 8.03. The number of carboxylic acid groups (broad SMARTS) is 1. The number of hydrogen-bond acceptors (Lipinski definition) is 3. The lowest BCUT2D eigenvalue weighted by Gasteiger charge is -2.31. The molecule has 3 rings (SSSR count). The van der Waals surface area contributed by atoms with Crippen LogP contribution in [0.15, 0.2) is 24.3 Å². The van der Waals surface area contributed by atoms with Gasteiger partial charge < -0.3 is 14.7 Å². The van der Waals surface area contributed by atoms with Gasteiger partial charge in [0.05, 0.1) is 0 Å². The lowest BCUT2D eigenvalue weighted by Crippen LogP contribution is -2.51. The Morgan fingerprint density at radius 2 is 2.00 bits per heavy atom. The number of benzene rings is 1. The van der Waals surface area contributed by atoms with Crippen molar-refractivity contribution in [1.29, 1.82) is 0 Å². The standard InChI is InChI=1S/C17H18F3NO4/c1-16(15(23)24)7-4-8-21(16)14(22)12-9-11(12)10-5-2-3-6-13(10)25-17(18,19)20/h2-3,5-6,11-12H,4,7-9H2,1H3,(H,23,24). The quantitative estimate of drug-likeness (QED) is 0.899. The second-order valence-corrected chi connectivity index (χ2v) is 6.71. The number of alkyl halides is 3. The Labute approximate surface area is 142 Å². The predicted octanol–water partition coefficient (Wildman–Crippen LogP) is 3.15. The first-order chi connectivity index (χ1) is 11.6. The molecule has 2 aliphatic rings. The molecule has 0 aromatic heterocycles. The van der Waals surface area contributed by atoms with Crippen molar-refractivity contribution in [2.75, 3.05) is 6.54 Å². The van der Waals surface area contributed by atoms with Crippen molar-refractivity contribution in [2.45, 2.75) is 44.0 Å². The molecule has 1 aliphatic heterocycles. The van der Waals surface area contributed by atoms with Gasteiger partial charge in [0.1, 0.15) is 11.3 Å². The minimum absolute atomic E-state index is 0.308. The van der Waals surface area contributed by atoms with Gasteiger partial charge in [0, 0.05) is 12.5 Å². The highest BCUT2D eigenvalue weighted by atomic mass is 19.4. The molecule has 1 heterocycles. The van der Waals surface area contributed by atoms with Gasteiger partial charge in [-0.15, -0.1) is 13.2 Å². The maximum atomic E-state index is 12.7. The number of rotatable bonds is 4. The Kier molecular flexibility index (Phi) is 4.17. The van der Waals surface area contributed by atoms with Crippen LogP contribution in [-0.2, 0) is 9.59 Å². The van der Waals surface area contributed by atoms with Gasteiger partial charge in [-0.05, 0) is 43.7 Å². The summed E-state index contributed by atoms with van der Waals surface area (Å²) < 4.78 is 41.7. The minimum Gasteiger partial charge on any atom is -0.480 e. The molecule has 1 aromatic carbocycles. The van der Waals surface area contributed by atoms with E-state index in [0.717, 1.165) is 0 Å². The van der Waals surface area contributed by atoms with E-state index >= 15 is 0 Å². The summed E-state index contributed by atoms with van der Waals surface area (Å²) in [4.78, 5) is 25.6. The fraction of sp³-hybridized carbons (Fsp3) is 0.529. The van der Waals surface area contributed by atoms with E-state index in [1.165, 1.54) is 30.0 Å². The average molecular weight is 357 g/mol. The molecule has 3 atom stereocenters. The lowest BCUT2D eigenvalue weighted by atomic mass is 9.98. The third-order valence-corrected chi connectivity index (χ3v) is 5.02. The zero-order valence-corrected chi connectivity index (χ0v) is 13.5. The molecule has 1 aromatic rings. The number of carbonyl (C=O) groups excluding carboxylic acids is 1. The van der Waals surface area contributed by atoms with Crippen LogP contribution in [-0.4, -0.2) is 40.3 Å². The van der Waals surface area contributed by atoms with Gasteiger partial charge in [-0.25, -0.2) is 4.79 Å². The van der Waals surface area contributed by atoms with Crippen molar-refractivity contribution in [3.05, 3.63) is 29.8 Å². The van der Waals surface area contributed by atoms with Crippen LogP contribution < -0.4 is 4.74 Å². The molecular formula is C17H18F3NO4. The number of aliphatic carboxylic acids is 1. The molecule has 3 unspecified atom stereocenters. The van der Waals surface area contributed by atoms with Gasteiger partial charge in [0.15, 0.2) is 0 Å². The van der Waals surface area contributed by atoms with Crippen LogP contribution in [0.5, 0.6) is 5.75 Å². The molecule has 1 N–H and O–H groups in total. The number of nitrogens with zero attached hydrogens (tertiary/aromatic N) is 1. The summed E-state index contributed by atoms with van der Waals surface area (Å²) in [5.41, 5.74) is -0.916. The van der Waals surface area contributed by atoms with E-state index in [1.807, 2.05) is 0 Å². The summed E-state index contributed by atoms with van der Waals surface area (Å²) in [6.45, 7) is 1.86. The second kappa shape index (κ2) is 5.93. The molecule has 1 amide bonds. The second-order valence-electron chi connectivity index (χ2n) is 6.71. The Hall–Kier alpha value is -2.25. The van der Waals surface area contributed by atoms with Crippen LogP contribution in [0.25, 0.3) is 0 Å². The van der Waals surface area contributed by atoms with Gasteiger partial charge in [-0.3, -0.25) is 4.79 Å². The fourth-order valence-corrected chi connectivity index (χ4v) is 3.56. The molecule has 1 saturated heterocycles. The van der Waals surface area contributed by atoms with Crippen LogP contribution in [0.4, 0.5) is 13.2 Å². The van der Waals surface area contributed by atoms with E-state index in [1.54, 1.807) is 6.07 Å². The molecule has 25 heavy (non-hydrogen) atoms. The zero-order chi connectivity index (χ0) is 18.4. The van der Waals surface area contributed by atoms with E-state index in [4.69, 9.17) is 0 Å². The molecule has 8 heteroatoms. The molecule has 1 saturated carbocycles. The van der Waals surface area contributed by atoms with Crippen molar-refractivity contribution in [3.63, 3.8) is 0 Å². The zero-order valence-electron chi connectivity index (χ0n) is 13.5. The number of para-hydroxylation sites is 1. The predicted molar refractivity (Wildman–Crippen MR) is 81.0 cm³/mol. The maximum Gasteiger partial charge on any atom is 0.573 e. The average Bonchev–Trinajstić information content (AvgIpc) is 3.20. The number of carboxylic acids is 1. The van der Waals surface area contributed by atoms with Crippen molar-refractivity contribution < 1.29 is 32.6 Å². The molecule has 1 aliphatic carbocycles. The number of hydrogen-bond donors (Lipinski definition) is 1. The van der Waals surface area contributed by atoms with Crippen LogP contribution in [0, 0.1) is 5.92 Å². The fourth-order valence-electron chi connectivity index (χ4n) is 3.56. The summed E-state index contributed by atoms with van der Waals surface area (Å²) in [6.07, 6.45) is -3.44. The minimum atomic E-state index is -4.80. The van der Waals surface area contributed by atoms with Gasteiger partial charge in [-0.1, -0.05) is 18.2 Å². The van der Waals surface area contributed by atoms with Crippen LogP contribution in [0.3, 0.4) is 0 Å². The summed E-state index contributed by atoms with van der Waals surface area (Å²) >= 11 is 0. The third-order valence-electron chi connectivity index (χ3n) is 5.02. The molecule has 0 radical (unpaired) electrons. The van der Waals surface area contributed by atoms with Gasteiger partial charge >= 0.3 is 12.3 Å². The number of amides is 1. The maximum absolute atomic E-state index is 12.7. The van der Waals surface area contributed by atoms with Crippen molar-refractivity contribution in [1.82, 2.24) is 4.90 Å². The first kappa shape index (κ1) is 17.6. The van der Waals surface area contributed by atoms with E-state index < -0.39 is 23.8 Å². The smallest absolute Gasteiger partial charge is 0.480 e. The highest BCUT2D eigenvalue weighted by Crippen LogP contribution is 2.52. The lowest BCUT2D eigenvalue weighted by molar-refractivity contribution is -0.274. The third kappa shape index (κ3) is 3.29. The van der Waals surface area contributed by atoms with Gasteiger partial charge in [-0.2, -0.15) is 0 Å². The Morgan fingerprint density at radius 1 is 1.32 bits per heavy atom. The summed E-state index contributed by atoms with van der Waals surface area (Å²) in [6, 6.07) is 5.76. The molecule has 0 bridgehead atoms. The Balaban J connectivity index is 1.77. The molecular weight excluding hydrogens is 339 g/mol. The number of carbonyl (C=O) groups is 2. The van der Waals surface area contributed by atoms with Gasteiger partial charge in [0.25, 0.3) is 0 Å². The highest BCUT2D eigenvalue weighted by Gasteiger charge is 2.53. The molecule has 5 nitrogen and oxygen atoms in total. The summed E-state index contributed by atoms with van der Waals surface area (Å²) in [5, 5.41) is 9.41. The van der Waals surface area contributed by atoms with E-state index in [0.29, 0.717) is 31.4 Å². The summed E-state index contributed by atoms with van der Waals surface area (Å²) in [7, 11) is 0. The molecule has 2 fully saturated rings. The van der Waals surface area contributed by atoms with Crippen molar-refractivity contribution in [2.24, 2.45) is 5.92 Å². The van der Waals surface area contributed by atoms with E-state index in [9.17, 15) is 27.9 Å². The Morgan fingerprint density at radius 3 is 2.64 bits per heavy atom. The van der Waals surface area contributed by atoms with Crippen LogP contribution in [0.2, 0.25) is 0 Å². The monoisotopic (exact) mass is 357 g/mol. The molecule has 136 valence electrons.